The predicted octanol–water partition coefficient (Wildman–Crippen LogP) is 4.06. The Morgan fingerprint density at radius 3 is 2.57 bits per heavy atom. The molecule has 1 aromatic heterocycles. The smallest absolute Gasteiger partial charge is 0.254 e. The Hall–Kier alpha value is -1.29. The molecule has 1 atom stereocenters. The van der Waals surface area contributed by atoms with Crippen molar-refractivity contribution < 1.29 is 4.79 Å². The minimum absolute atomic E-state index is 0.0184. The van der Waals surface area contributed by atoms with Crippen LogP contribution in [-0.4, -0.2) is 35.4 Å². The highest BCUT2D eigenvalue weighted by atomic mass is 35.5. The number of carbonyl (C=O) groups excluding carboxylic acids is 1. The molecule has 0 saturated carbocycles. The second-order valence-electron chi connectivity index (χ2n) is 6.45. The molecule has 0 fully saturated rings. The molecule has 1 N–H and O–H groups in total. The molecule has 1 unspecified atom stereocenters. The van der Waals surface area contributed by atoms with Gasteiger partial charge in [0.05, 0.1) is 0 Å². The first kappa shape index (κ1) is 17.8. The molecule has 1 rings (SSSR count). The summed E-state index contributed by atoms with van der Waals surface area (Å²) in [5.74, 6) is 0.603. The van der Waals surface area contributed by atoms with Crippen LogP contribution in [0.15, 0.2) is 12.1 Å². The zero-order valence-electron chi connectivity index (χ0n) is 13.8. The number of halogens is 1. The molecule has 0 spiro atoms. The van der Waals surface area contributed by atoms with E-state index in [2.05, 4.69) is 44.9 Å². The molecule has 4 nitrogen and oxygen atoms in total. The average Bonchev–Trinajstić information content (AvgIpc) is 2.41. The van der Waals surface area contributed by atoms with Crippen molar-refractivity contribution in [2.24, 2.45) is 5.41 Å². The van der Waals surface area contributed by atoms with E-state index in [0.29, 0.717) is 16.5 Å². The van der Waals surface area contributed by atoms with E-state index in [-0.39, 0.29) is 17.4 Å². The predicted molar refractivity (Wildman–Crippen MR) is 89.0 cm³/mol. The highest BCUT2D eigenvalue weighted by molar-refractivity contribution is 6.29. The monoisotopic (exact) mass is 311 g/mol. The van der Waals surface area contributed by atoms with Gasteiger partial charge in [0.15, 0.2) is 0 Å². The first-order chi connectivity index (χ1) is 9.66. The molecule has 21 heavy (non-hydrogen) atoms. The molecule has 0 aliphatic rings. The Kier molecular flexibility index (Phi) is 6.02. The van der Waals surface area contributed by atoms with Crippen molar-refractivity contribution in [3.8, 4) is 0 Å². The average molecular weight is 312 g/mol. The Morgan fingerprint density at radius 2 is 2.05 bits per heavy atom. The molecule has 1 amide bonds. The standard InChI is InChI=1S/C16H26ClN3O/c1-7-8-18-14-10-12(9-13(17)19-14)15(21)20(6)11(2)16(3,4)5/h9-11H,7-8H2,1-6H3,(H,18,19). The van der Waals surface area contributed by atoms with Crippen LogP contribution in [0.4, 0.5) is 5.82 Å². The lowest BCUT2D eigenvalue weighted by Gasteiger charge is -2.35. The number of aromatic nitrogens is 1. The minimum Gasteiger partial charge on any atom is -0.370 e. The van der Waals surface area contributed by atoms with Crippen molar-refractivity contribution in [1.29, 1.82) is 0 Å². The molecule has 5 heteroatoms. The maximum absolute atomic E-state index is 12.6. The van der Waals surface area contributed by atoms with Gasteiger partial charge in [0.25, 0.3) is 5.91 Å². The quantitative estimate of drug-likeness (QED) is 0.834. The fraction of sp³-hybridized carbons (Fsp3) is 0.625. The van der Waals surface area contributed by atoms with Gasteiger partial charge in [-0.1, -0.05) is 39.3 Å². The highest BCUT2D eigenvalue weighted by Gasteiger charge is 2.27. The van der Waals surface area contributed by atoms with Crippen molar-refractivity contribution in [2.45, 2.75) is 47.1 Å². The summed E-state index contributed by atoms with van der Waals surface area (Å²) < 4.78 is 0. The van der Waals surface area contributed by atoms with E-state index in [0.717, 1.165) is 13.0 Å². The SMILES string of the molecule is CCCNc1cc(C(=O)N(C)C(C)C(C)(C)C)cc(Cl)n1. The van der Waals surface area contributed by atoms with Gasteiger partial charge < -0.3 is 10.2 Å². The van der Waals surface area contributed by atoms with Crippen molar-refractivity contribution in [3.63, 3.8) is 0 Å². The summed E-state index contributed by atoms with van der Waals surface area (Å²) in [5.41, 5.74) is 0.581. The number of amides is 1. The van der Waals surface area contributed by atoms with Gasteiger partial charge in [-0.2, -0.15) is 0 Å². The third-order valence-corrected chi connectivity index (χ3v) is 3.95. The number of hydrogen-bond donors (Lipinski definition) is 1. The van der Waals surface area contributed by atoms with Gasteiger partial charge in [-0.15, -0.1) is 0 Å². The van der Waals surface area contributed by atoms with Crippen molar-refractivity contribution in [1.82, 2.24) is 9.88 Å². The van der Waals surface area contributed by atoms with Crippen LogP contribution in [0.25, 0.3) is 0 Å². The van der Waals surface area contributed by atoms with Crippen LogP contribution in [0.1, 0.15) is 51.4 Å². The largest absolute Gasteiger partial charge is 0.370 e. The van der Waals surface area contributed by atoms with Crippen LogP contribution in [-0.2, 0) is 0 Å². The van der Waals surface area contributed by atoms with Gasteiger partial charge >= 0.3 is 0 Å². The Bertz CT molecular complexity index is 497. The van der Waals surface area contributed by atoms with Crippen LogP contribution < -0.4 is 5.32 Å². The van der Waals surface area contributed by atoms with E-state index in [1.165, 1.54) is 0 Å². The summed E-state index contributed by atoms with van der Waals surface area (Å²) in [6.07, 6.45) is 0.985. The van der Waals surface area contributed by atoms with Gasteiger partial charge in [0.1, 0.15) is 11.0 Å². The van der Waals surface area contributed by atoms with Crippen molar-refractivity contribution >= 4 is 23.3 Å². The van der Waals surface area contributed by atoms with E-state index in [1.807, 2.05) is 7.05 Å². The topological polar surface area (TPSA) is 45.2 Å². The molecular weight excluding hydrogens is 286 g/mol. The summed E-state index contributed by atoms with van der Waals surface area (Å²) >= 11 is 6.03. The molecule has 1 aromatic rings. The highest BCUT2D eigenvalue weighted by Crippen LogP contribution is 2.25. The molecule has 1 heterocycles. The maximum atomic E-state index is 12.6. The zero-order valence-corrected chi connectivity index (χ0v) is 14.6. The summed E-state index contributed by atoms with van der Waals surface area (Å²) in [6, 6.07) is 3.49. The molecule has 0 aliphatic heterocycles. The van der Waals surface area contributed by atoms with E-state index in [4.69, 9.17) is 11.6 Å². The van der Waals surface area contributed by atoms with E-state index >= 15 is 0 Å². The number of pyridine rings is 1. The first-order valence-electron chi connectivity index (χ1n) is 7.35. The van der Waals surface area contributed by atoms with E-state index < -0.39 is 0 Å². The summed E-state index contributed by atoms with van der Waals surface area (Å²) in [6.45, 7) is 11.3. The molecule has 0 radical (unpaired) electrons. The van der Waals surface area contributed by atoms with Crippen LogP contribution in [0.3, 0.4) is 0 Å². The molecule has 0 bridgehead atoms. The second-order valence-corrected chi connectivity index (χ2v) is 6.84. The van der Waals surface area contributed by atoms with Gasteiger partial charge in [0.2, 0.25) is 0 Å². The van der Waals surface area contributed by atoms with Crippen molar-refractivity contribution in [2.75, 3.05) is 18.9 Å². The molecular formula is C16H26ClN3O. The summed E-state index contributed by atoms with van der Waals surface area (Å²) in [5, 5.41) is 3.49. The van der Waals surface area contributed by atoms with Crippen LogP contribution in [0, 0.1) is 5.41 Å². The number of carbonyl (C=O) groups is 1. The Labute approximate surface area is 132 Å². The fourth-order valence-electron chi connectivity index (χ4n) is 1.92. The minimum atomic E-state index is -0.0405. The summed E-state index contributed by atoms with van der Waals surface area (Å²) in [7, 11) is 1.83. The zero-order chi connectivity index (χ0) is 16.2. The number of nitrogens with one attached hydrogen (secondary N) is 1. The fourth-order valence-corrected chi connectivity index (χ4v) is 2.13. The van der Waals surface area contributed by atoms with Gasteiger partial charge in [-0.25, -0.2) is 4.98 Å². The van der Waals surface area contributed by atoms with E-state index in [1.54, 1.807) is 17.0 Å². The lowest BCUT2D eigenvalue weighted by molar-refractivity contribution is 0.0629. The number of hydrogen-bond acceptors (Lipinski definition) is 3. The van der Waals surface area contributed by atoms with Crippen LogP contribution in [0.2, 0.25) is 5.15 Å². The van der Waals surface area contributed by atoms with Crippen molar-refractivity contribution in [3.05, 3.63) is 22.8 Å². The number of rotatable bonds is 5. The first-order valence-corrected chi connectivity index (χ1v) is 7.73. The van der Waals surface area contributed by atoms with E-state index in [9.17, 15) is 4.79 Å². The normalized spacial score (nSPS) is 12.9. The van der Waals surface area contributed by atoms with Gasteiger partial charge in [-0.3, -0.25) is 4.79 Å². The maximum Gasteiger partial charge on any atom is 0.254 e. The van der Waals surface area contributed by atoms with Gasteiger partial charge in [0, 0.05) is 25.2 Å². The van der Waals surface area contributed by atoms with Crippen LogP contribution in [0.5, 0.6) is 0 Å². The Balaban J connectivity index is 2.99. The molecule has 0 aromatic carbocycles. The lowest BCUT2D eigenvalue weighted by Crippen LogP contribution is -2.43. The molecule has 0 aliphatic carbocycles. The van der Waals surface area contributed by atoms with Crippen LogP contribution >= 0.6 is 11.6 Å². The van der Waals surface area contributed by atoms with Gasteiger partial charge in [-0.05, 0) is 30.9 Å². The second kappa shape index (κ2) is 7.12. The number of nitrogens with zero attached hydrogens (tertiary/aromatic N) is 2. The third-order valence-electron chi connectivity index (χ3n) is 3.75. The number of anilines is 1. The third kappa shape index (κ3) is 4.88. The molecule has 0 saturated heterocycles. The summed E-state index contributed by atoms with van der Waals surface area (Å²) in [4.78, 5) is 18.6. The lowest BCUT2D eigenvalue weighted by atomic mass is 9.87. The molecule has 118 valence electrons. The Morgan fingerprint density at radius 1 is 1.43 bits per heavy atom.